The Kier molecular flexibility index (Phi) is 13.5. The second-order valence-electron chi connectivity index (χ2n) is 7.75. The van der Waals surface area contributed by atoms with Gasteiger partial charge >= 0.3 is 29.6 Å². The molecule has 0 amide bonds. The van der Waals surface area contributed by atoms with Gasteiger partial charge in [-0.1, -0.05) is 76.8 Å². The van der Waals surface area contributed by atoms with E-state index in [0.29, 0.717) is 23.5 Å². The number of hydrogen-bond donors (Lipinski definition) is 1. The van der Waals surface area contributed by atoms with Crippen LogP contribution in [0.4, 0.5) is 0 Å². The smallest absolute Gasteiger partial charge is 0.872 e. The van der Waals surface area contributed by atoms with Crippen LogP contribution >= 0.6 is 0 Å². The van der Waals surface area contributed by atoms with Crippen LogP contribution in [0.25, 0.3) is 0 Å². The van der Waals surface area contributed by atoms with Crippen molar-refractivity contribution in [1.82, 2.24) is 0 Å². The minimum Gasteiger partial charge on any atom is -0.872 e. The number of benzene rings is 2. The van der Waals surface area contributed by atoms with Crippen LogP contribution in [0.1, 0.15) is 76.7 Å². The SMILES string of the molecule is CCCCCCCCCCCCc1cc(Oc2cccc([O-])c2)ccc1S(=O)(=O)O.[Na+]. The average molecular weight is 457 g/mol. The van der Waals surface area contributed by atoms with Crippen molar-refractivity contribution in [3.8, 4) is 17.2 Å². The molecule has 0 bridgehead atoms. The Morgan fingerprint density at radius 2 is 1.42 bits per heavy atom. The molecule has 0 fully saturated rings. The molecule has 31 heavy (non-hydrogen) atoms. The summed E-state index contributed by atoms with van der Waals surface area (Å²) in [6, 6.07) is 10.6. The van der Waals surface area contributed by atoms with E-state index in [-0.39, 0.29) is 40.2 Å². The van der Waals surface area contributed by atoms with Gasteiger partial charge in [-0.3, -0.25) is 4.55 Å². The molecular formula is C24H33NaO5S. The second kappa shape index (κ2) is 14.9. The minimum absolute atomic E-state index is 0. The summed E-state index contributed by atoms with van der Waals surface area (Å²) in [6.07, 6.45) is 12.5. The summed E-state index contributed by atoms with van der Waals surface area (Å²) >= 11 is 0. The third-order valence-electron chi connectivity index (χ3n) is 5.15. The molecule has 2 aromatic rings. The number of hydrogen-bond acceptors (Lipinski definition) is 4. The van der Waals surface area contributed by atoms with E-state index in [1.54, 1.807) is 18.2 Å². The van der Waals surface area contributed by atoms with Crippen LogP contribution in [0, 0.1) is 0 Å². The number of rotatable bonds is 14. The van der Waals surface area contributed by atoms with Crippen LogP contribution in [0.15, 0.2) is 47.4 Å². The Labute approximate surface area is 209 Å². The molecule has 2 aromatic carbocycles. The molecule has 0 unspecified atom stereocenters. The van der Waals surface area contributed by atoms with Gasteiger partial charge in [-0.05, 0) is 48.7 Å². The largest absolute Gasteiger partial charge is 1.00 e. The third kappa shape index (κ3) is 10.9. The van der Waals surface area contributed by atoms with E-state index in [9.17, 15) is 18.1 Å². The van der Waals surface area contributed by atoms with Crippen molar-refractivity contribution in [2.45, 2.75) is 82.4 Å². The normalized spacial score (nSPS) is 11.2. The van der Waals surface area contributed by atoms with Crippen LogP contribution in [0.2, 0.25) is 0 Å². The van der Waals surface area contributed by atoms with E-state index >= 15 is 0 Å². The molecule has 166 valence electrons. The van der Waals surface area contributed by atoms with Crippen LogP contribution in [-0.4, -0.2) is 13.0 Å². The fourth-order valence-corrected chi connectivity index (χ4v) is 4.28. The molecule has 2 rings (SSSR count). The van der Waals surface area contributed by atoms with Gasteiger partial charge in [-0.2, -0.15) is 8.42 Å². The van der Waals surface area contributed by atoms with Gasteiger partial charge in [0.2, 0.25) is 0 Å². The molecule has 0 aliphatic carbocycles. The predicted molar refractivity (Wildman–Crippen MR) is 118 cm³/mol. The van der Waals surface area contributed by atoms with Gasteiger partial charge in [0.15, 0.2) is 0 Å². The van der Waals surface area contributed by atoms with E-state index in [1.807, 2.05) is 0 Å². The van der Waals surface area contributed by atoms with E-state index in [4.69, 9.17) is 4.74 Å². The zero-order valence-electron chi connectivity index (χ0n) is 18.8. The summed E-state index contributed by atoms with van der Waals surface area (Å²) in [5.74, 6) is 0.676. The first-order valence-electron chi connectivity index (χ1n) is 11.0. The summed E-state index contributed by atoms with van der Waals surface area (Å²) in [4.78, 5) is -0.0802. The summed E-state index contributed by atoms with van der Waals surface area (Å²) in [6.45, 7) is 2.22. The van der Waals surface area contributed by atoms with Gasteiger partial charge in [-0.25, -0.2) is 0 Å². The Morgan fingerprint density at radius 1 is 0.839 bits per heavy atom. The van der Waals surface area contributed by atoms with Crippen LogP contribution in [0.5, 0.6) is 17.2 Å². The summed E-state index contributed by atoms with van der Waals surface area (Å²) < 4.78 is 38.7. The number of aryl methyl sites for hydroxylation is 1. The molecule has 0 saturated heterocycles. The van der Waals surface area contributed by atoms with Crippen LogP contribution < -0.4 is 39.4 Å². The fourth-order valence-electron chi connectivity index (χ4n) is 3.54. The molecule has 0 aliphatic rings. The van der Waals surface area contributed by atoms with Gasteiger partial charge in [0, 0.05) is 0 Å². The fraction of sp³-hybridized carbons (Fsp3) is 0.500. The molecular weight excluding hydrogens is 423 g/mol. The molecule has 0 heterocycles. The van der Waals surface area contributed by atoms with Gasteiger partial charge < -0.3 is 9.84 Å². The van der Waals surface area contributed by atoms with Gasteiger partial charge in [0.25, 0.3) is 10.1 Å². The van der Waals surface area contributed by atoms with E-state index in [0.717, 1.165) is 19.3 Å². The summed E-state index contributed by atoms with van der Waals surface area (Å²) in [5, 5.41) is 11.5. The monoisotopic (exact) mass is 456 g/mol. The number of ether oxygens (including phenoxy) is 1. The van der Waals surface area contributed by atoms with Gasteiger partial charge in [0.1, 0.15) is 11.5 Å². The third-order valence-corrected chi connectivity index (χ3v) is 6.10. The van der Waals surface area contributed by atoms with Crippen molar-refractivity contribution < 1.29 is 52.4 Å². The molecule has 0 radical (unpaired) electrons. The van der Waals surface area contributed by atoms with Gasteiger partial charge in [0.05, 0.1) is 4.90 Å². The zero-order valence-corrected chi connectivity index (χ0v) is 21.6. The number of unbranched alkanes of at least 4 members (excludes halogenated alkanes) is 9. The predicted octanol–water partition coefficient (Wildman–Crippen LogP) is 3.27. The Morgan fingerprint density at radius 3 is 2.00 bits per heavy atom. The first-order valence-corrected chi connectivity index (χ1v) is 12.4. The van der Waals surface area contributed by atoms with Crippen molar-refractivity contribution >= 4 is 10.1 Å². The van der Waals surface area contributed by atoms with Crippen molar-refractivity contribution in [2.75, 3.05) is 0 Å². The Balaban J connectivity index is 0.00000480. The topological polar surface area (TPSA) is 86.7 Å². The quantitative estimate of drug-likeness (QED) is 0.268. The summed E-state index contributed by atoms with van der Waals surface area (Å²) in [7, 11) is -4.30. The molecule has 0 saturated carbocycles. The Hall–Kier alpha value is -1.05. The van der Waals surface area contributed by atoms with Crippen molar-refractivity contribution in [1.29, 1.82) is 0 Å². The average Bonchev–Trinajstić information content (AvgIpc) is 2.69. The maximum atomic E-state index is 11.7. The summed E-state index contributed by atoms with van der Waals surface area (Å²) in [5.41, 5.74) is 0.535. The van der Waals surface area contributed by atoms with Crippen molar-refractivity contribution in [3.63, 3.8) is 0 Å². The standard InChI is InChI=1S/C24H34O5S.Na/c1-2-3-4-5-6-7-8-9-10-11-13-20-18-23(16-17-24(20)30(26,27)28)29-22-15-12-14-21(25)19-22;/h12,14-19,25H,2-11,13H2,1H3,(H,26,27,28);/q;+1/p-1. The molecule has 0 spiro atoms. The Bertz CT molecular complexity index is 883. The molecule has 0 aliphatic heterocycles. The maximum Gasteiger partial charge on any atom is 1.00 e. The molecule has 0 atom stereocenters. The first kappa shape index (κ1) is 28.0. The first-order chi connectivity index (χ1) is 14.4. The van der Waals surface area contributed by atoms with E-state index in [2.05, 4.69) is 6.92 Å². The van der Waals surface area contributed by atoms with E-state index < -0.39 is 10.1 Å². The molecule has 1 N–H and O–H groups in total. The van der Waals surface area contributed by atoms with Crippen molar-refractivity contribution in [2.24, 2.45) is 0 Å². The van der Waals surface area contributed by atoms with Gasteiger partial charge in [-0.15, -0.1) is 5.75 Å². The molecule has 0 aromatic heterocycles. The second-order valence-corrected chi connectivity index (χ2v) is 9.14. The van der Waals surface area contributed by atoms with Crippen LogP contribution in [0.3, 0.4) is 0 Å². The van der Waals surface area contributed by atoms with Crippen LogP contribution in [-0.2, 0) is 16.5 Å². The molecule has 5 nitrogen and oxygen atoms in total. The molecule has 7 heteroatoms. The van der Waals surface area contributed by atoms with E-state index in [1.165, 1.54) is 69.2 Å². The zero-order chi connectivity index (χ0) is 21.8. The maximum absolute atomic E-state index is 11.7. The minimum atomic E-state index is -4.30. The van der Waals surface area contributed by atoms with Crippen molar-refractivity contribution in [3.05, 3.63) is 48.0 Å².